The standard InChI is InChI=1S/C13H13BrFN3O/c14-9-3-7(15)4-10-13(9)11(5-12(16)18-10)17-8-1-2-19-6-8/h3-5,8H,1-2,6H2,(H3,16,17,18). The zero-order chi connectivity index (χ0) is 13.4. The van der Waals surface area contributed by atoms with E-state index in [1.54, 1.807) is 6.07 Å². The van der Waals surface area contributed by atoms with Crippen molar-refractivity contribution in [3.05, 3.63) is 28.5 Å². The average molecular weight is 326 g/mol. The first-order valence-corrected chi connectivity index (χ1v) is 6.82. The molecule has 1 aromatic carbocycles. The average Bonchev–Trinajstić information content (AvgIpc) is 2.79. The van der Waals surface area contributed by atoms with E-state index in [4.69, 9.17) is 10.5 Å². The Balaban J connectivity index is 2.11. The van der Waals surface area contributed by atoms with Gasteiger partial charge in [0.2, 0.25) is 0 Å². The number of fused-ring (bicyclic) bond motifs is 1. The van der Waals surface area contributed by atoms with E-state index >= 15 is 0 Å². The van der Waals surface area contributed by atoms with Gasteiger partial charge in [0.1, 0.15) is 11.6 Å². The lowest BCUT2D eigenvalue weighted by atomic mass is 10.1. The molecule has 4 nitrogen and oxygen atoms in total. The van der Waals surface area contributed by atoms with Crippen molar-refractivity contribution in [3.8, 4) is 0 Å². The third-order valence-corrected chi connectivity index (χ3v) is 3.76. The fourth-order valence-corrected chi connectivity index (χ4v) is 2.92. The molecule has 3 N–H and O–H groups in total. The van der Waals surface area contributed by atoms with Gasteiger partial charge in [0.15, 0.2) is 0 Å². The largest absolute Gasteiger partial charge is 0.384 e. The molecule has 1 atom stereocenters. The van der Waals surface area contributed by atoms with Gasteiger partial charge in [-0.2, -0.15) is 0 Å². The Morgan fingerprint density at radius 1 is 1.42 bits per heavy atom. The second kappa shape index (κ2) is 4.94. The zero-order valence-corrected chi connectivity index (χ0v) is 11.7. The number of pyridine rings is 1. The Labute approximate surface area is 118 Å². The highest BCUT2D eigenvalue weighted by molar-refractivity contribution is 9.10. The molecule has 1 aromatic heterocycles. The SMILES string of the molecule is Nc1cc(NC2CCOC2)c2c(Br)cc(F)cc2n1. The van der Waals surface area contributed by atoms with Crippen molar-refractivity contribution in [1.82, 2.24) is 4.98 Å². The lowest BCUT2D eigenvalue weighted by Gasteiger charge is -2.16. The van der Waals surface area contributed by atoms with Crippen molar-refractivity contribution in [2.45, 2.75) is 12.5 Å². The normalized spacial score (nSPS) is 18.9. The Kier molecular flexibility index (Phi) is 3.28. The van der Waals surface area contributed by atoms with Crippen LogP contribution in [0.15, 0.2) is 22.7 Å². The number of aromatic nitrogens is 1. The first-order chi connectivity index (χ1) is 9.13. The topological polar surface area (TPSA) is 60.2 Å². The molecule has 19 heavy (non-hydrogen) atoms. The minimum Gasteiger partial charge on any atom is -0.384 e. The van der Waals surface area contributed by atoms with E-state index in [0.29, 0.717) is 22.4 Å². The Morgan fingerprint density at radius 2 is 2.26 bits per heavy atom. The van der Waals surface area contributed by atoms with Crippen LogP contribution in [0.4, 0.5) is 15.9 Å². The maximum absolute atomic E-state index is 13.4. The number of hydrogen-bond donors (Lipinski definition) is 2. The van der Waals surface area contributed by atoms with Gasteiger partial charge in [-0.3, -0.25) is 0 Å². The van der Waals surface area contributed by atoms with E-state index in [9.17, 15) is 4.39 Å². The van der Waals surface area contributed by atoms with Crippen molar-refractivity contribution >= 4 is 38.3 Å². The van der Waals surface area contributed by atoms with Crippen LogP contribution in [0.5, 0.6) is 0 Å². The minimum atomic E-state index is -0.340. The summed E-state index contributed by atoms with van der Waals surface area (Å²) in [6, 6.07) is 4.83. The van der Waals surface area contributed by atoms with Crippen molar-refractivity contribution in [2.75, 3.05) is 24.3 Å². The van der Waals surface area contributed by atoms with Gasteiger partial charge in [-0.05, 0) is 28.4 Å². The molecule has 2 heterocycles. The predicted octanol–water partition coefficient (Wildman–Crippen LogP) is 2.92. The summed E-state index contributed by atoms with van der Waals surface area (Å²) in [5, 5.41) is 4.22. The summed E-state index contributed by atoms with van der Waals surface area (Å²) in [6.45, 7) is 1.43. The fraction of sp³-hybridized carbons (Fsp3) is 0.308. The molecule has 0 saturated carbocycles. The molecule has 100 valence electrons. The van der Waals surface area contributed by atoms with Crippen LogP contribution in [0.2, 0.25) is 0 Å². The summed E-state index contributed by atoms with van der Waals surface area (Å²) < 4.78 is 19.4. The number of rotatable bonds is 2. The lowest BCUT2D eigenvalue weighted by molar-refractivity contribution is 0.195. The molecule has 3 rings (SSSR count). The first-order valence-electron chi connectivity index (χ1n) is 6.03. The Bertz CT molecular complexity index is 624. The van der Waals surface area contributed by atoms with Gasteiger partial charge in [0.05, 0.1) is 18.2 Å². The molecule has 1 fully saturated rings. The number of nitrogen functional groups attached to an aromatic ring is 1. The number of halogens is 2. The molecule has 0 amide bonds. The minimum absolute atomic E-state index is 0.252. The van der Waals surface area contributed by atoms with E-state index in [-0.39, 0.29) is 11.9 Å². The van der Waals surface area contributed by atoms with Gasteiger partial charge in [0.25, 0.3) is 0 Å². The van der Waals surface area contributed by atoms with Gasteiger partial charge < -0.3 is 15.8 Å². The van der Waals surface area contributed by atoms with Crippen molar-refractivity contribution in [3.63, 3.8) is 0 Å². The summed E-state index contributed by atoms with van der Waals surface area (Å²) in [5.41, 5.74) is 7.17. The zero-order valence-electron chi connectivity index (χ0n) is 10.1. The summed E-state index contributed by atoms with van der Waals surface area (Å²) in [4.78, 5) is 4.17. The molecule has 0 bridgehead atoms. The van der Waals surface area contributed by atoms with E-state index in [0.717, 1.165) is 24.1 Å². The summed E-state index contributed by atoms with van der Waals surface area (Å²) >= 11 is 3.38. The molecule has 1 saturated heterocycles. The highest BCUT2D eigenvalue weighted by Gasteiger charge is 2.18. The van der Waals surface area contributed by atoms with Crippen LogP contribution in [0.25, 0.3) is 10.9 Å². The molecule has 0 aliphatic carbocycles. The van der Waals surface area contributed by atoms with Crippen LogP contribution in [-0.2, 0) is 4.74 Å². The van der Waals surface area contributed by atoms with Crippen molar-refractivity contribution in [2.24, 2.45) is 0 Å². The maximum Gasteiger partial charge on any atom is 0.126 e. The Morgan fingerprint density at radius 3 is 3.00 bits per heavy atom. The number of anilines is 2. The van der Waals surface area contributed by atoms with Gasteiger partial charge in [-0.25, -0.2) is 9.37 Å². The molecule has 6 heteroatoms. The van der Waals surface area contributed by atoms with Gasteiger partial charge in [-0.15, -0.1) is 0 Å². The number of nitrogens with two attached hydrogens (primary N) is 1. The molecular weight excluding hydrogens is 313 g/mol. The fourth-order valence-electron chi connectivity index (χ4n) is 2.29. The monoisotopic (exact) mass is 325 g/mol. The second-order valence-electron chi connectivity index (χ2n) is 4.58. The molecule has 2 aromatic rings. The van der Waals surface area contributed by atoms with Crippen molar-refractivity contribution in [1.29, 1.82) is 0 Å². The van der Waals surface area contributed by atoms with E-state index < -0.39 is 0 Å². The smallest absolute Gasteiger partial charge is 0.126 e. The van der Waals surface area contributed by atoms with Crippen LogP contribution in [0.1, 0.15) is 6.42 Å². The van der Waals surface area contributed by atoms with Crippen molar-refractivity contribution < 1.29 is 9.13 Å². The maximum atomic E-state index is 13.4. The predicted molar refractivity (Wildman–Crippen MR) is 76.7 cm³/mol. The Hall–Kier alpha value is -1.40. The number of nitrogens with one attached hydrogen (secondary N) is 1. The van der Waals surface area contributed by atoms with Crippen LogP contribution in [-0.4, -0.2) is 24.2 Å². The number of benzene rings is 1. The van der Waals surface area contributed by atoms with Crippen LogP contribution < -0.4 is 11.1 Å². The quantitative estimate of drug-likeness (QED) is 0.891. The number of hydrogen-bond acceptors (Lipinski definition) is 4. The molecule has 1 aliphatic rings. The van der Waals surface area contributed by atoms with E-state index in [1.165, 1.54) is 12.1 Å². The number of nitrogens with zero attached hydrogens (tertiary/aromatic N) is 1. The van der Waals surface area contributed by atoms with Crippen LogP contribution >= 0.6 is 15.9 Å². The molecule has 0 radical (unpaired) electrons. The lowest BCUT2D eigenvalue weighted by Crippen LogP contribution is -2.19. The van der Waals surface area contributed by atoms with Gasteiger partial charge in [0, 0.05) is 34.3 Å². The molecular formula is C13H13BrFN3O. The third kappa shape index (κ3) is 2.50. The molecule has 0 spiro atoms. The van der Waals surface area contributed by atoms with E-state index in [2.05, 4.69) is 26.2 Å². The van der Waals surface area contributed by atoms with E-state index in [1.807, 2.05) is 0 Å². The van der Waals surface area contributed by atoms with Crippen LogP contribution in [0.3, 0.4) is 0 Å². The number of ether oxygens (including phenoxy) is 1. The molecule has 1 unspecified atom stereocenters. The van der Waals surface area contributed by atoms with Gasteiger partial charge >= 0.3 is 0 Å². The van der Waals surface area contributed by atoms with Gasteiger partial charge in [-0.1, -0.05) is 0 Å². The summed E-state index contributed by atoms with van der Waals surface area (Å²) in [5.74, 6) is 0.0269. The summed E-state index contributed by atoms with van der Waals surface area (Å²) in [6.07, 6.45) is 0.947. The second-order valence-corrected chi connectivity index (χ2v) is 5.44. The third-order valence-electron chi connectivity index (χ3n) is 3.13. The first kappa shape index (κ1) is 12.6. The highest BCUT2D eigenvalue weighted by Crippen LogP contribution is 2.33. The molecule has 1 aliphatic heterocycles. The van der Waals surface area contributed by atoms with Crippen LogP contribution in [0, 0.1) is 5.82 Å². The summed E-state index contributed by atoms with van der Waals surface area (Å²) in [7, 11) is 0. The highest BCUT2D eigenvalue weighted by atomic mass is 79.9.